The number of aromatic nitrogens is 2. The highest BCUT2D eigenvalue weighted by Gasteiger charge is 2.10. The largest absolute Gasteiger partial charge is 0.494 e. The molecule has 2 aromatic rings. The van der Waals surface area contributed by atoms with Crippen molar-refractivity contribution >= 4 is 23.7 Å². The first-order valence-corrected chi connectivity index (χ1v) is 7.16. The Kier molecular flexibility index (Phi) is 4.53. The Bertz CT molecular complexity index is 522. The maximum atomic E-state index is 5.52. The van der Waals surface area contributed by atoms with Crippen LogP contribution in [0, 0.1) is 0 Å². The van der Waals surface area contributed by atoms with Crippen LogP contribution in [0.2, 0.25) is 0 Å². The minimum atomic E-state index is 0.685. The van der Waals surface area contributed by atoms with Crippen LogP contribution in [0.25, 0.3) is 11.0 Å². The number of rotatable bonds is 6. The maximum Gasteiger partial charge on any atom is 0.121 e. The summed E-state index contributed by atoms with van der Waals surface area (Å²) in [6.45, 7) is 5.87. The van der Waals surface area contributed by atoms with Crippen molar-refractivity contribution in [2.45, 2.75) is 33.2 Å². The number of thiol groups is 1. The second kappa shape index (κ2) is 6.14. The fourth-order valence-electron chi connectivity index (χ4n) is 2.18. The Balaban J connectivity index is 2.46. The third-order valence-corrected chi connectivity index (χ3v) is 3.12. The van der Waals surface area contributed by atoms with E-state index in [2.05, 4.69) is 30.2 Å². The van der Waals surface area contributed by atoms with Crippen LogP contribution in [-0.4, -0.2) is 21.9 Å². The quantitative estimate of drug-likeness (QED) is 0.810. The fraction of sp³-hybridized carbons (Fsp3) is 0.500. The van der Waals surface area contributed by atoms with Gasteiger partial charge in [-0.2, -0.15) is 12.6 Å². The van der Waals surface area contributed by atoms with E-state index in [1.54, 1.807) is 0 Å². The Morgan fingerprint density at radius 3 is 2.83 bits per heavy atom. The number of benzene rings is 1. The van der Waals surface area contributed by atoms with Gasteiger partial charge in [-0.3, -0.25) is 0 Å². The number of ether oxygens (including phenoxy) is 1. The molecule has 0 bridgehead atoms. The third kappa shape index (κ3) is 2.64. The minimum absolute atomic E-state index is 0.685. The van der Waals surface area contributed by atoms with Gasteiger partial charge in [0.25, 0.3) is 0 Å². The van der Waals surface area contributed by atoms with Crippen molar-refractivity contribution in [2.24, 2.45) is 0 Å². The van der Waals surface area contributed by atoms with Gasteiger partial charge in [0.15, 0.2) is 0 Å². The van der Waals surface area contributed by atoms with E-state index in [0.717, 1.165) is 42.2 Å². The first-order chi connectivity index (χ1) is 8.80. The SMILES string of the molecule is CCCn1c(CCS)nc2cc(OCC)ccc21. The molecular formula is C14H20N2OS. The summed E-state index contributed by atoms with van der Waals surface area (Å²) in [5, 5.41) is 0. The Labute approximate surface area is 114 Å². The fourth-order valence-corrected chi connectivity index (χ4v) is 2.38. The molecule has 4 heteroatoms. The van der Waals surface area contributed by atoms with E-state index in [9.17, 15) is 0 Å². The first-order valence-electron chi connectivity index (χ1n) is 6.53. The van der Waals surface area contributed by atoms with Crippen molar-refractivity contribution in [2.75, 3.05) is 12.4 Å². The highest BCUT2D eigenvalue weighted by atomic mass is 32.1. The molecule has 0 spiro atoms. The average molecular weight is 264 g/mol. The molecule has 0 unspecified atom stereocenters. The summed E-state index contributed by atoms with van der Waals surface area (Å²) in [5.74, 6) is 2.84. The lowest BCUT2D eigenvalue weighted by Crippen LogP contribution is -2.04. The molecule has 1 aromatic carbocycles. The number of hydrogen-bond donors (Lipinski definition) is 1. The molecule has 0 atom stereocenters. The van der Waals surface area contributed by atoms with Gasteiger partial charge < -0.3 is 9.30 Å². The number of hydrogen-bond acceptors (Lipinski definition) is 3. The molecule has 1 heterocycles. The third-order valence-electron chi connectivity index (χ3n) is 2.89. The van der Waals surface area contributed by atoms with E-state index in [4.69, 9.17) is 9.72 Å². The van der Waals surface area contributed by atoms with Crippen LogP contribution in [0.3, 0.4) is 0 Å². The van der Waals surface area contributed by atoms with Gasteiger partial charge in [0.2, 0.25) is 0 Å². The molecule has 0 saturated carbocycles. The van der Waals surface area contributed by atoms with Crippen molar-refractivity contribution in [3.63, 3.8) is 0 Å². The van der Waals surface area contributed by atoms with Crippen LogP contribution in [0.15, 0.2) is 18.2 Å². The molecule has 0 amide bonds. The predicted molar refractivity (Wildman–Crippen MR) is 78.8 cm³/mol. The lowest BCUT2D eigenvalue weighted by Gasteiger charge is -2.07. The van der Waals surface area contributed by atoms with Gasteiger partial charge in [-0.15, -0.1) is 0 Å². The van der Waals surface area contributed by atoms with Gasteiger partial charge >= 0.3 is 0 Å². The lowest BCUT2D eigenvalue weighted by molar-refractivity contribution is 0.340. The summed E-state index contributed by atoms with van der Waals surface area (Å²) in [4.78, 5) is 4.70. The highest BCUT2D eigenvalue weighted by molar-refractivity contribution is 7.80. The molecule has 0 aliphatic heterocycles. The molecular weight excluding hydrogens is 244 g/mol. The van der Waals surface area contributed by atoms with E-state index >= 15 is 0 Å². The van der Waals surface area contributed by atoms with Gasteiger partial charge in [-0.05, 0) is 31.2 Å². The summed E-state index contributed by atoms with van der Waals surface area (Å²) in [5.41, 5.74) is 2.21. The standard InChI is InChI=1S/C14H20N2OS/c1-3-8-16-13-6-5-11(17-4-2)10-12(13)15-14(16)7-9-18/h5-6,10,18H,3-4,7-9H2,1-2H3. The Hall–Kier alpha value is -1.16. The topological polar surface area (TPSA) is 27.1 Å². The first kappa shape index (κ1) is 13.3. The molecule has 1 aromatic heterocycles. The molecule has 98 valence electrons. The smallest absolute Gasteiger partial charge is 0.121 e. The molecule has 0 aliphatic rings. The highest BCUT2D eigenvalue weighted by Crippen LogP contribution is 2.22. The number of imidazole rings is 1. The summed E-state index contributed by atoms with van der Waals surface area (Å²) in [6, 6.07) is 6.14. The van der Waals surface area contributed by atoms with E-state index in [1.165, 1.54) is 5.52 Å². The number of aryl methyl sites for hydroxylation is 2. The van der Waals surface area contributed by atoms with Crippen molar-refractivity contribution in [3.05, 3.63) is 24.0 Å². The van der Waals surface area contributed by atoms with Crippen LogP contribution in [-0.2, 0) is 13.0 Å². The van der Waals surface area contributed by atoms with E-state index in [1.807, 2.05) is 19.1 Å². The van der Waals surface area contributed by atoms with Crippen molar-refractivity contribution in [1.82, 2.24) is 9.55 Å². The summed E-state index contributed by atoms with van der Waals surface area (Å²) in [7, 11) is 0. The minimum Gasteiger partial charge on any atom is -0.494 e. The van der Waals surface area contributed by atoms with E-state index in [0.29, 0.717) is 6.61 Å². The maximum absolute atomic E-state index is 5.52. The Morgan fingerprint density at radius 2 is 2.17 bits per heavy atom. The van der Waals surface area contributed by atoms with E-state index in [-0.39, 0.29) is 0 Å². The molecule has 0 radical (unpaired) electrons. The zero-order valence-electron chi connectivity index (χ0n) is 11.0. The Morgan fingerprint density at radius 1 is 1.33 bits per heavy atom. The summed E-state index contributed by atoms with van der Waals surface area (Å²) < 4.78 is 7.81. The van der Waals surface area contributed by atoms with Crippen LogP contribution in [0.5, 0.6) is 5.75 Å². The molecule has 0 saturated heterocycles. The summed E-state index contributed by atoms with van der Waals surface area (Å²) in [6.07, 6.45) is 2.01. The normalized spacial score (nSPS) is 11.1. The lowest BCUT2D eigenvalue weighted by atomic mass is 10.3. The van der Waals surface area contributed by atoms with Crippen LogP contribution >= 0.6 is 12.6 Å². The summed E-state index contributed by atoms with van der Waals surface area (Å²) >= 11 is 4.30. The molecule has 0 aliphatic carbocycles. The molecule has 3 nitrogen and oxygen atoms in total. The number of nitrogens with zero attached hydrogens (tertiary/aromatic N) is 2. The van der Waals surface area contributed by atoms with E-state index < -0.39 is 0 Å². The van der Waals surface area contributed by atoms with Gasteiger partial charge in [-0.1, -0.05) is 6.92 Å². The molecule has 18 heavy (non-hydrogen) atoms. The van der Waals surface area contributed by atoms with Crippen molar-refractivity contribution in [3.8, 4) is 5.75 Å². The van der Waals surface area contributed by atoms with Gasteiger partial charge in [0.1, 0.15) is 11.6 Å². The second-order valence-corrected chi connectivity index (χ2v) is 4.68. The monoisotopic (exact) mass is 264 g/mol. The zero-order chi connectivity index (χ0) is 13.0. The second-order valence-electron chi connectivity index (χ2n) is 4.24. The van der Waals surface area contributed by atoms with Crippen LogP contribution < -0.4 is 4.74 Å². The molecule has 2 rings (SSSR count). The van der Waals surface area contributed by atoms with Crippen molar-refractivity contribution < 1.29 is 4.74 Å². The van der Waals surface area contributed by atoms with Crippen LogP contribution in [0.4, 0.5) is 0 Å². The number of fused-ring (bicyclic) bond motifs is 1. The van der Waals surface area contributed by atoms with Gasteiger partial charge in [0, 0.05) is 19.0 Å². The van der Waals surface area contributed by atoms with Crippen molar-refractivity contribution in [1.29, 1.82) is 0 Å². The molecule has 0 N–H and O–H groups in total. The van der Waals surface area contributed by atoms with Gasteiger partial charge in [-0.25, -0.2) is 4.98 Å². The van der Waals surface area contributed by atoms with Crippen LogP contribution in [0.1, 0.15) is 26.1 Å². The zero-order valence-corrected chi connectivity index (χ0v) is 11.9. The predicted octanol–water partition coefficient (Wildman–Crippen LogP) is 3.32. The van der Waals surface area contributed by atoms with Gasteiger partial charge in [0.05, 0.1) is 17.6 Å². The average Bonchev–Trinajstić information content (AvgIpc) is 2.68. The molecule has 0 fully saturated rings.